The molecule has 0 aliphatic carbocycles. The van der Waals surface area contributed by atoms with Crippen LogP contribution in [0.3, 0.4) is 0 Å². The van der Waals surface area contributed by atoms with Gasteiger partial charge in [0.05, 0.1) is 13.2 Å². The molecule has 3 amide bonds. The molecule has 4 rings (SSSR count). The van der Waals surface area contributed by atoms with Gasteiger partial charge in [-0.05, 0) is 60.4 Å². The Morgan fingerprint density at radius 3 is 2.42 bits per heavy atom. The summed E-state index contributed by atoms with van der Waals surface area (Å²) >= 11 is 0. The number of amides is 3. The fourth-order valence-corrected chi connectivity index (χ4v) is 4.33. The number of aryl methyl sites for hydroxylation is 1. The van der Waals surface area contributed by atoms with Crippen molar-refractivity contribution in [2.45, 2.75) is 38.5 Å². The number of nitrogens with one attached hydrogen (secondary N) is 1. The summed E-state index contributed by atoms with van der Waals surface area (Å²) in [5.41, 5.74) is 0.816. The summed E-state index contributed by atoms with van der Waals surface area (Å²) in [4.78, 5) is 41.2. The highest BCUT2D eigenvalue weighted by molar-refractivity contribution is 6.17. The van der Waals surface area contributed by atoms with Gasteiger partial charge in [0, 0.05) is 13.0 Å². The van der Waals surface area contributed by atoms with E-state index in [-0.39, 0.29) is 13.0 Å². The minimum absolute atomic E-state index is 0.103. The van der Waals surface area contributed by atoms with Crippen molar-refractivity contribution in [1.82, 2.24) is 10.2 Å². The molecule has 0 saturated carbocycles. The first-order chi connectivity index (χ1) is 17.2. The lowest BCUT2D eigenvalue weighted by molar-refractivity contribution is -0.150. The molecule has 186 valence electrons. The van der Waals surface area contributed by atoms with Crippen LogP contribution in [0, 0.1) is 12.7 Å². The quantitative estimate of drug-likeness (QED) is 0.471. The molecule has 1 fully saturated rings. The molecular weight excluding hydrogens is 463 g/mol. The number of imide groups is 1. The Kier molecular flexibility index (Phi) is 7.05. The lowest BCUT2D eigenvalue weighted by Gasteiger charge is -2.26. The highest BCUT2D eigenvalue weighted by Gasteiger charge is 2.60. The molecule has 1 aliphatic rings. The fourth-order valence-electron chi connectivity index (χ4n) is 4.33. The molecule has 0 spiro atoms. The average molecular weight is 491 g/mol. The third-order valence-corrected chi connectivity index (χ3v) is 6.22. The van der Waals surface area contributed by atoms with Crippen LogP contribution in [0.2, 0.25) is 0 Å². The smallest absolute Gasteiger partial charge is 0.418 e. The molecule has 0 aromatic heterocycles. The number of cyclic esters (lactones) is 1. The molecule has 1 aliphatic heterocycles. The maximum Gasteiger partial charge on any atom is 0.418 e. The first kappa shape index (κ1) is 24.9. The van der Waals surface area contributed by atoms with Gasteiger partial charge in [0.25, 0.3) is 17.4 Å². The van der Waals surface area contributed by atoms with E-state index in [2.05, 4.69) is 5.32 Å². The number of ether oxygens (including phenoxy) is 2. The number of benzene rings is 3. The van der Waals surface area contributed by atoms with Crippen molar-refractivity contribution < 1.29 is 28.2 Å². The molecule has 0 radical (unpaired) electrons. The Labute approximate surface area is 208 Å². The van der Waals surface area contributed by atoms with Crippen LogP contribution in [0.5, 0.6) is 5.75 Å². The van der Waals surface area contributed by atoms with Gasteiger partial charge in [0.1, 0.15) is 11.6 Å². The monoisotopic (exact) mass is 490 g/mol. The molecule has 1 heterocycles. The summed E-state index contributed by atoms with van der Waals surface area (Å²) in [5.74, 6) is -1.29. The van der Waals surface area contributed by atoms with Crippen LogP contribution in [0.1, 0.15) is 35.2 Å². The number of carbonyl (C=O) groups excluding carboxylic acids is 3. The number of nitrogens with zero attached hydrogens (tertiary/aromatic N) is 1. The van der Waals surface area contributed by atoms with Crippen LogP contribution in [0.15, 0.2) is 72.8 Å². The SMILES string of the molecule is COc1cc(C)cc(CNC(=O)[C@@]2(Cc3ccccc3)OC(=O)N([C@H](C)c3ccc(F)cc3)C2=O)c1. The molecule has 36 heavy (non-hydrogen) atoms. The Bertz CT molecular complexity index is 1280. The number of hydrogen-bond donors (Lipinski definition) is 1. The van der Waals surface area contributed by atoms with Crippen LogP contribution in [-0.4, -0.2) is 35.5 Å². The zero-order chi connectivity index (χ0) is 25.9. The van der Waals surface area contributed by atoms with Crippen LogP contribution in [0.25, 0.3) is 0 Å². The average Bonchev–Trinajstić information content (AvgIpc) is 3.12. The maximum atomic E-state index is 13.8. The first-order valence-electron chi connectivity index (χ1n) is 11.5. The number of methoxy groups -OCH3 is 1. The summed E-state index contributed by atoms with van der Waals surface area (Å²) in [6, 6.07) is 19.1. The third kappa shape index (κ3) is 4.93. The summed E-state index contributed by atoms with van der Waals surface area (Å²) < 4.78 is 24.3. The number of carbonyl (C=O) groups is 3. The summed E-state index contributed by atoms with van der Waals surface area (Å²) in [6.07, 6.45) is -1.06. The van der Waals surface area contributed by atoms with Gasteiger partial charge in [-0.1, -0.05) is 48.5 Å². The van der Waals surface area contributed by atoms with Gasteiger partial charge in [-0.3, -0.25) is 9.59 Å². The molecule has 0 bridgehead atoms. The number of hydrogen-bond acceptors (Lipinski definition) is 5. The van der Waals surface area contributed by atoms with Crippen molar-refractivity contribution in [2.24, 2.45) is 0 Å². The highest BCUT2D eigenvalue weighted by Crippen LogP contribution is 2.35. The second kappa shape index (κ2) is 10.2. The van der Waals surface area contributed by atoms with E-state index >= 15 is 0 Å². The standard InChI is InChI=1S/C28H27FN2O5/c1-18-13-21(15-24(14-18)35-3)17-30-25(32)28(16-20-7-5-4-6-8-20)26(33)31(27(34)36-28)19(2)22-9-11-23(29)12-10-22/h4-15,19H,16-17H2,1-3H3,(H,30,32)/t19-,28-/m1/s1. The van der Waals surface area contributed by atoms with Crippen molar-refractivity contribution >= 4 is 17.9 Å². The molecule has 3 aromatic carbocycles. The third-order valence-electron chi connectivity index (χ3n) is 6.22. The van der Waals surface area contributed by atoms with Crippen molar-refractivity contribution in [3.8, 4) is 5.75 Å². The maximum absolute atomic E-state index is 13.8. The fraction of sp³-hybridized carbons (Fsp3) is 0.250. The Hall–Kier alpha value is -4.20. The summed E-state index contributed by atoms with van der Waals surface area (Å²) in [6.45, 7) is 3.63. The van der Waals surface area contributed by atoms with Gasteiger partial charge >= 0.3 is 6.09 Å². The van der Waals surface area contributed by atoms with Crippen molar-refractivity contribution in [1.29, 1.82) is 0 Å². The van der Waals surface area contributed by atoms with E-state index in [1.54, 1.807) is 44.4 Å². The minimum atomic E-state index is -2.08. The molecule has 3 aromatic rings. The number of rotatable bonds is 8. The van der Waals surface area contributed by atoms with E-state index < -0.39 is 35.4 Å². The Balaban J connectivity index is 1.64. The van der Waals surface area contributed by atoms with E-state index in [4.69, 9.17) is 9.47 Å². The van der Waals surface area contributed by atoms with Gasteiger partial charge in [-0.15, -0.1) is 0 Å². The first-order valence-corrected chi connectivity index (χ1v) is 11.5. The van der Waals surface area contributed by atoms with Gasteiger partial charge in [-0.2, -0.15) is 0 Å². The van der Waals surface area contributed by atoms with Gasteiger partial charge in [0.2, 0.25) is 0 Å². The van der Waals surface area contributed by atoms with E-state index in [1.807, 2.05) is 25.1 Å². The topological polar surface area (TPSA) is 84.9 Å². The minimum Gasteiger partial charge on any atom is -0.497 e. The van der Waals surface area contributed by atoms with E-state index in [1.165, 1.54) is 24.3 Å². The molecule has 7 nitrogen and oxygen atoms in total. The van der Waals surface area contributed by atoms with Gasteiger partial charge in [0.15, 0.2) is 0 Å². The normalized spacial score (nSPS) is 18.1. The zero-order valence-electron chi connectivity index (χ0n) is 20.3. The zero-order valence-corrected chi connectivity index (χ0v) is 20.3. The van der Waals surface area contributed by atoms with Crippen LogP contribution >= 0.6 is 0 Å². The Morgan fingerprint density at radius 2 is 1.75 bits per heavy atom. The van der Waals surface area contributed by atoms with Gasteiger partial charge < -0.3 is 14.8 Å². The number of halogens is 1. The molecule has 1 saturated heterocycles. The van der Waals surface area contributed by atoms with Crippen molar-refractivity contribution in [2.75, 3.05) is 7.11 Å². The van der Waals surface area contributed by atoms with Crippen LogP contribution in [-0.2, 0) is 27.3 Å². The predicted molar refractivity (Wildman–Crippen MR) is 131 cm³/mol. The molecule has 1 N–H and O–H groups in total. The molecular formula is C28H27FN2O5. The summed E-state index contributed by atoms with van der Waals surface area (Å²) in [7, 11) is 1.56. The van der Waals surface area contributed by atoms with E-state index in [9.17, 15) is 18.8 Å². The van der Waals surface area contributed by atoms with E-state index in [0.717, 1.165) is 16.0 Å². The Morgan fingerprint density at radius 1 is 1.06 bits per heavy atom. The second-order valence-corrected chi connectivity index (χ2v) is 8.80. The molecule has 2 atom stereocenters. The van der Waals surface area contributed by atoms with Crippen molar-refractivity contribution in [3.63, 3.8) is 0 Å². The lowest BCUT2D eigenvalue weighted by Crippen LogP contribution is -2.55. The van der Waals surface area contributed by atoms with Gasteiger partial charge in [-0.25, -0.2) is 14.1 Å². The highest BCUT2D eigenvalue weighted by atomic mass is 19.1. The lowest BCUT2D eigenvalue weighted by atomic mass is 9.91. The second-order valence-electron chi connectivity index (χ2n) is 8.80. The van der Waals surface area contributed by atoms with Crippen LogP contribution in [0.4, 0.5) is 9.18 Å². The summed E-state index contributed by atoms with van der Waals surface area (Å²) in [5, 5.41) is 2.77. The molecule has 0 unspecified atom stereocenters. The van der Waals surface area contributed by atoms with Crippen LogP contribution < -0.4 is 10.1 Å². The van der Waals surface area contributed by atoms with E-state index in [0.29, 0.717) is 16.9 Å². The molecule has 8 heteroatoms. The van der Waals surface area contributed by atoms with Crippen molar-refractivity contribution in [3.05, 3.63) is 101 Å². The predicted octanol–water partition coefficient (Wildman–Crippen LogP) is 4.48. The largest absolute Gasteiger partial charge is 0.497 e.